The van der Waals surface area contributed by atoms with Gasteiger partial charge in [0.05, 0.1) is 30.6 Å². The van der Waals surface area contributed by atoms with Gasteiger partial charge in [-0.1, -0.05) is 6.07 Å². The molecule has 2 rings (SSSR count). The van der Waals surface area contributed by atoms with E-state index in [1.54, 1.807) is 49.6 Å². The lowest BCUT2D eigenvalue weighted by atomic mass is 10.2. The van der Waals surface area contributed by atoms with Gasteiger partial charge in [-0.15, -0.1) is 0 Å². The third-order valence-electron chi connectivity index (χ3n) is 3.15. The SMILES string of the molecule is COC(=O)c1cccc([S@@](=O)CC(=O)Nc2ccc(OC)cc2)c1. The van der Waals surface area contributed by atoms with Crippen molar-refractivity contribution in [2.75, 3.05) is 25.3 Å². The van der Waals surface area contributed by atoms with Crippen molar-refractivity contribution < 1.29 is 23.3 Å². The molecule has 2 aromatic rings. The van der Waals surface area contributed by atoms with E-state index in [1.165, 1.54) is 13.2 Å². The fourth-order valence-corrected chi connectivity index (χ4v) is 2.92. The molecule has 0 saturated heterocycles. The van der Waals surface area contributed by atoms with Crippen molar-refractivity contribution in [1.29, 1.82) is 0 Å². The highest BCUT2D eigenvalue weighted by molar-refractivity contribution is 7.85. The van der Waals surface area contributed by atoms with E-state index in [1.807, 2.05) is 0 Å². The quantitative estimate of drug-likeness (QED) is 0.811. The molecule has 1 amide bonds. The van der Waals surface area contributed by atoms with Gasteiger partial charge in [0.2, 0.25) is 5.91 Å². The molecule has 0 spiro atoms. The Bertz CT molecular complexity index is 758. The fourth-order valence-electron chi connectivity index (χ4n) is 1.96. The first-order chi connectivity index (χ1) is 11.5. The van der Waals surface area contributed by atoms with Crippen molar-refractivity contribution in [2.45, 2.75) is 4.90 Å². The van der Waals surface area contributed by atoms with Crippen molar-refractivity contribution in [3.8, 4) is 5.75 Å². The lowest BCUT2D eigenvalue weighted by Gasteiger charge is -2.07. The van der Waals surface area contributed by atoms with Crippen LogP contribution in [0, 0.1) is 0 Å². The third-order valence-corrected chi connectivity index (χ3v) is 4.46. The van der Waals surface area contributed by atoms with Gasteiger partial charge in [0.15, 0.2) is 0 Å². The van der Waals surface area contributed by atoms with E-state index in [4.69, 9.17) is 4.74 Å². The van der Waals surface area contributed by atoms with Crippen LogP contribution in [0.25, 0.3) is 0 Å². The van der Waals surface area contributed by atoms with Crippen LogP contribution in [0.3, 0.4) is 0 Å². The molecule has 0 bridgehead atoms. The molecule has 2 aromatic carbocycles. The van der Waals surface area contributed by atoms with Crippen LogP contribution in [0.15, 0.2) is 53.4 Å². The highest BCUT2D eigenvalue weighted by Crippen LogP contribution is 2.16. The first-order valence-electron chi connectivity index (χ1n) is 7.04. The summed E-state index contributed by atoms with van der Waals surface area (Å²) in [6, 6.07) is 13.0. The normalized spacial score (nSPS) is 11.4. The number of esters is 1. The largest absolute Gasteiger partial charge is 0.497 e. The summed E-state index contributed by atoms with van der Waals surface area (Å²) in [6.45, 7) is 0. The molecule has 0 unspecified atom stereocenters. The molecule has 0 aliphatic rings. The Morgan fingerprint density at radius 2 is 1.79 bits per heavy atom. The number of carbonyl (C=O) groups excluding carboxylic acids is 2. The zero-order valence-electron chi connectivity index (χ0n) is 13.3. The number of hydrogen-bond acceptors (Lipinski definition) is 5. The van der Waals surface area contributed by atoms with Crippen molar-refractivity contribution in [1.82, 2.24) is 0 Å². The molecule has 24 heavy (non-hydrogen) atoms. The molecule has 0 aliphatic heterocycles. The van der Waals surface area contributed by atoms with Gasteiger partial charge in [-0.25, -0.2) is 4.79 Å². The Hall–Kier alpha value is -2.67. The van der Waals surface area contributed by atoms with Crippen LogP contribution >= 0.6 is 0 Å². The van der Waals surface area contributed by atoms with E-state index in [-0.39, 0.29) is 11.7 Å². The molecule has 0 radical (unpaired) electrons. The highest BCUT2D eigenvalue weighted by atomic mass is 32.2. The summed E-state index contributed by atoms with van der Waals surface area (Å²) in [6.07, 6.45) is 0. The van der Waals surface area contributed by atoms with Gasteiger partial charge in [0, 0.05) is 10.6 Å². The number of carbonyl (C=O) groups is 2. The molecule has 1 N–H and O–H groups in total. The van der Waals surface area contributed by atoms with Crippen LogP contribution in [-0.2, 0) is 20.3 Å². The standard InChI is InChI=1S/C17H17NO5S/c1-22-14-8-6-13(7-9-14)18-16(19)11-24(21)15-5-3-4-12(10-15)17(20)23-2/h3-10H,11H2,1-2H3,(H,18,19)/t24-/m0/s1. The Labute approximate surface area is 142 Å². The maximum Gasteiger partial charge on any atom is 0.337 e. The fraction of sp³-hybridized carbons (Fsp3) is 0.176. The van der Waals surface area contributed by atoms with Crippen molar-refractivity contribution in [3.05, 3.63) is 54.1 Å². The molecule has 6 nitrogen and oxygen atoms in total. The van der Waals surface area contributed by atoms with Crippen LogP contribution in [0.4, 0.5) is 5.69 Å². The predicted molar refractivity (Wildman–Crippen MR) is 90.7 cm³/mol. The Morgan fingerprint density at radius 3 is 2.42 bits per heavy atom. The summed E-state index contributed by atoms with van der Waals surface area (Å²) in [5.41, 5.74) is 0.875. The zero-order chi connectivity index (χ0) is 17.5. The molecular formula is C17H17NO5S. The van der Waals surface area contributed by atoms with Crippen LogP contribution in [0.1, 0.15) is 10.4 Å². The topological polar surface area (TPSA) is 81.7 Å². The van der Waals surface area contributed by atoms with E-state index in [9.17, 15) is 13.8 Å². The monoisotopic (exact) mass is 347 g/mol. The Morgan fingerprint density at radius 1 is 1.08 bits per heavy atom. The summed E-state index contributed by atoms with van der Waals surface area (Å²) in [4.78, 5) is 23.9. The lowest BCUT2D eigenvalue weighted by molar-refractivity contribution is -0.113. The maximum atomic E-state index is 12.3. The summed E-state index contributed by atoms with van der Waals surface area (Å²) >= 11 is 0. The number of amides is 1. The van der Waals surface area contributed by atoms with Crippen LogP contribution < -0.4 is 10.1 Å². The number of ether oxygens (including phenoxy) is 2. The van der Waals surface area contributed by atoms with E-state index in [0.717, 1.165) is 0 Å². The molecule has 0 aromatic heterocycles. The minimum absolute atomic E-state index is 0.212. The van der Waals surface area contributed by atoms with Crippen LogP contribution in [-0.4, -0.2) is 36.1 Å². The van der Waals surface area contributed by atoms with Crippen molar-refractivity contribution in [3.63, 3.8) is 0 Å². The first kappa shape index (κ1) is 17.7. The van der Waals surface area contributed by atoms with Crippen LogP contribution in [0.2, 0.25) is 0 Å². The lowest BCUT2D eigenvalue weighted by Crippen LogP contribution is -2.19. The van der Waals surface area contributed by atoms with Gasteiger partial charge in [-0.05, 0) is 42.5 Å². The minimum atomic E-state index is -1.57. The Balaban J connectivity index is 2.00. The highest BCUT2D eigenvalue weighted by Gasteiger charge is 2.13. The Kier molecular flexibility index (Phi) is 6.08. The molecule has 126 valence electrons. The molecule has 0 fully saturated rings. The van der Waals surface area contributed by atoms with Gasteiger partial charge in [0.1, 0.15) is 11.5 Å². The zero-order valence-corrected chi connectivity index (χ0v) is 14.1. The number of nitrogens with one attached hydrogen (secondary N) is 1. The van der Waals surface area contributed by atoms with Gasteiger partial charge in [0.25, 0.3) is 0 Å². The average Bonchev–Trinajstić information content (AvgIpc) is 2.61. The summed E-state index contributed by atoms with van der Waals surface area (Å²) < 4.78 is 21.9. The van der Waals surface area contributed by atoms with Gasteiger partial charge >= 0.3 is 5.97 Å². The third kappa shape index (κ3) is 4.66. The predicted octanol–water partition coefficient (Wildman–Crippen LogP) is 2.23. The van der Waals surface area contributed by atoms with E-state index in [0.29, 0.717) is 21.9 Å². The van der Waals surface area contributed by atoms with E-state index in [2.05, 4.69) is 10.1 Å². The van der Waals surface area contributed by atoms with Gasteiger partial charge in [-0.3, -0.25) is 9.00 Å². The summed E-state index contributed by atoms with van der Waals surface area (Å²) in [5, 5.41) is 2.66. The van der Waals surface area contributed by atoms with Crippen LogP contribution in [0.5, 0.6) is 5.75 Å². The van der Waals surface area contributed by atoms with E-state index >= 15 is 0 Å². The number of rotatable bonds is 6. The second-order valence-electron chi connectivity index (χ2n) is 4.79. The average molecular weight is 347 g/mol. The molecule has 1 atom stereocenters. The molecule has 7 heteroatoms. The molecular weight excluding hydrogens is 330 g/mol. The smallest absolute Gasteiger partial charge is 0.337 e. The first-order valence-corrected chi connectivity index (χ1v) is 8.36. The van der Waals surface area contributed by atoms with Gasteiger partial charge < -0.3 is 14.8 Å². The maximum absolute atomic E-state index is 12.3. The summed E-state index contributed by atoms with van der Waals surface area (Å²) in [5.74, 6) is -0.439. The number of methoxy groups -OCH3 is 2. The second-order valence-corrected chi connectivity index (χ2v) is 6.24. The molecule has 0 saturated carbocycles. The molecule has 0 aliphatic carbocycles. The number of hydrogen-bond donors (Lipinski definition) is 1. The molecule has 0 heterocycles. The number of benzene rings is 2. The van der Waals surface area contributed by atoms with Crippen molar-refractivity contribution in [2.24, 2.45) is 0 Å². The summed E-state index contributed by atoms with van der Waals surface area (Å²) in [7, 11) is 1.26. The van der Waals surface area contributed by atoms with E-state index < -0.39 is 16.8 Å². The second kappa shape index (κ2) is 8.26. The number of anilines is 1. The van der Waals surface area contributed by atoms with Gasteiger partial charge in [-0.2, -0.15) is 0 Å². The van der Waals surface area contributed by atoms with Crippen molar-refractivity contribution >= 4 is 28.4 Å². The minimum Gasteiger partial charge on any atom is -0.497 e.